The molecule has 2 aromatic rings. The first-order valence-corrected chi connectivity index (χ1v) is 8.97. The number of benzene rings is 1. The van der Waals surface area contributed by atoms with Gasteiger partial charge in [0.2, 0.25) is 5.13 Å². The number of nitrogens with zero attached hydrogens (tertiary/aromatic N) is 2. The van der Waals surface area contributed by atoms with Crippen LogP contribution in [-0.2, 0) is 16.0 Å². The van der Waals surface area contributed by atoms with Crippen molar-refractivity contribution in [2.24, 2.45) is 5.10 Å². The van der Waals surface area contributed by atoms with Gasteiger partial charge in [-0.2, -0.15) is 5.10 Å². The SMILES string of the molecule is CCOC(=O)Cc1csc(NN=Cc2c(C)c(Br)cc(C)c2O)n1. The molecule has 0 bridgehead atoms. The van der Waals surface area contributed by atoms with E-state index in [1.807, 2.05) is 19.9 Å². The van der Waals surface area contributed by atoms with E-state index in [2.05, 4.69) is 31.4 Å². The van der Waals surface area contributed by atoms with Crippen LogP contribution in [-0.4, -0.2) is 28.9 Å². The fourth-order valence-electron chi connectivity index (χ4n) is 1.99. The topological polar surface area (TPSA) is 83.8 Å². The van der Waals surface area contributed by atoms with Crippen LogP contribution in [0.5, 0.6) is 5.75 Å². The molecule has 1 heterocycles. The van der Waals surface area contributed by atoms with Gasteiger partial charge in [0.1, 0.15) is 5.75 Å². The van der Waals surface area contributed by atoms with E-state index in [9.17, 15) is 9.90 Å². The molecule has 1 aromatic heterocycles. The van der Waals surface area contributed by atoms with Crippen molar-refractivity contribution in [1.29, 1.82) is 0 Å². The van der Waals surface area contributed by atoms with E-state index in [0.717, 1.165) is 15.6 Å². The fraction of sp³-hybridized carbons (Fsp3) is 0.312. The van der Waals surface area contributed by atoms with Crippen LogP contribution in [0.4, 0.5) is 5.13 Å². The lowest BCUT2D eigenvalue weighted by Gasteiger charge is -2.08. The molecule has 0 saturated carbocycles. The van der Waals surface area contributed by atoms with Gasteiger partial charge in [-0.1, -0.05) is 15.9 Å². The summed E-state index contributed by atoms with van der Waals surface area (Å²) in [6, 6.07) is 1.86. The third-order valence-electron chi connectivity index (χ3n) is 3.27. The highest BCUT2D eigenvalue weighted by Gasteiger charge is 2.10. The minimum atomic E-state index is -0.303. The van der Waals surface area contributed by atoms with E-state index in [0.29, 0.717) is 23.0 Å². The summed E-state index contributed by atoms with van der Waals surface area (Å²) >= 11 is 4.80. The Morgan fingerprint density at radius 2 is 2.29 bits per heavy atom. The summed E-state index contributed by atoms with van der Waals surface area (Å²) in [5.74, 6) is -0.105. The number of hydrogen-bond acceptors (Lipinski definition) is 7. The lowest BCUT2D eigenvalue weighted by atomic mass is 10.0. The quantitative estimate of drug-likeness (QED) is 0.429. The molecule has 0 aliphatic rings. The second-order valence-corrected chi connectivity index (χ2v) is 6.77. The number of carbonyl (C=O) groups excluding carboxylic acids is 1. The molecule has 2 N–H and O–H groups in total. The molecule has 0 amide bonds. The highest BCUT2D eigenvalue weighted by atomic mass is 79.9. The maximum atomic E-state index is 11.4. The van der Waals surface area contributed by atoms with Crippen LogP contribution < -0.4 is 5.43 Å². The fourth-order valence-corrected chi connectivity index (χ4v) is 3.21. The Hall–Kier alpha value is -1.93. The summed E-state index contributed by atoms with van der Waals surface area (Å²) < 4.78 is 5.79. The van der Waals surface area contributed by atoms with Crippen LogP contribution in [0.1, 0.15) is 29.3 Å². The van der Waals surface area contributed by atoms with Gasteiger partial charge in [0.15, 0.2) is 0 Å². The number of hydrazone groups is 1. The van der Waals surface area contributed by atoms with Crippen molar-refractivity contribution in [3.05, 3.63) is 38.3 Å². The van der Waals surface area contributed by atoms with Gasteiger partial charge in [-0.05, 0) is 38.0 Å². The molecule has 0 spiro atoms. The first kappa shape index (κ1) is 18.4. The molecule has 8 heteroatoms. The van der Waals surface area contributed by atoms with Crippen LogP contribution in [0.2, 0.25) is 0 Å². The lowest BCUT2D eigenvalue weighted by molar-refractivity contribution is -0.142. The number of ether oxygens (including phenoxy) is 1. The number of nitrogens with one attached hydrogen (secondary N) is 1. The number of esters is 1. The van der Waals surface area contributed by atoms with E-state index in [1.54, 1.807) is 18.5 Å². The van der Waals surface area contributed by atoms with Crippen molar-refractivity contribution < 1.29 is 14.6 Å². The zero-order valence-corrected chi connectivity index (χ0v) is 16.0. The minimum Gasteiger partial charge on any atom is -0.507 e. The molecular formula is C16H18BrN3O3S. The van der Waals surface area contributed by atoms with Crippen LogP contribution in [0.15, 0.2) is 21.0 Å². The third-order valence-corrected chi connectivity index (χ3v) is 4.89. The minimum absolute atomic E-state index is 0.139. The van der Waals surface area contributed by atoms with Gasteiger partial charge >= 0.3 is 5.97 Å². The molecule has 24 heavy (non-hydrogen) atoms. The normalized spacial score (nSPS) is 11.0. The molecule has 0 unspecified atom stereocenters. The number of aryl methyl sites for hydroxylation is 1. The summed E-state index contributed by atoms with van der Waals surface area (Å²) in [5, 5.41) is 16.6. The van der Waals surface area contributed by atoms with Gasteiger partial charge in [0.25, 0.3) is 0 Å². The van der Waals surface area contributed by atoms with Gasteiger partial charge < -0.3 is 9.84 Å². The van der Waals surface area contributed by atoms with Crippen molar-refractivity contribution >= 4 is 44.6 Å². The highest BCUT2D eigenvalue weighted by molar-refractivity contribution is 9.10. The molecule has 0 saturated heterocycles. The van der Waals surface area contributed by atoms with Gasteiger partial charge in [0, 0.05) is 15.4 Å². The summed E-state index contributed by atoms with van der Waals surface area (Å²) in [6.07, 6.45) is 1.69. The van der Waals surface area contributed by atoms with E-state index in [4.69, 9.17) is 4.74 Å². The summed E-state index contributed by atoms with van der Waals surface area (Å²) in [6.45, 7) is 5.84. The highest BCUT2D eigenvalue weighted by Crippen LogP contribution is 2.30. The van der Waals surface area contributed by atoms with E-state index >= 15 is 0 Å². The summed E-state index contributed by atoms with van der Waals surface area (Å²) in [5.41, 5.74) is 5.74. The van der Waals surface area contributed by atoms with Crippen LogP contribution in [0.3, 0.4) is 0 Å². The molecule has 0 radical (unpaired) electrons. The van der Waals surface area contributed by atoms with Gasteiger partial charge in [-0.15, -0.1) is 11.3 Å². The number of phenolic OH excluding ortho intramolecular Hbond substituents is 1. The third kappa shape index (κ3) is 4.55. The maximum Gasteiger partial charge on any atom is 0.311 e. The molecule has 0 fully saturated rings. The number of hydrogen-bond donors (Lipinski definition) is 2. The molecule has 0 atom stereocenters. The number of thiazole rings is 1. The number of aromatic hydroxyl groups is 1. The first-order chi connectivity index (χ1) is 11.4. The Kier molecular flexibility index (Phi) is 6.33. The average Bonchev–Trinajstić information content (AvgIpc) is 2.96. The van der Waals surface area contributed by atoms with E-state index in [-0.39, 0.29) is 18.1 Å². The van der Waals surface area contributed by atoms with Crippen molar-refractivity contribution in [3.8, 4) is 5.75 Å². The van der Waals surface area contributed by atoms with Crippen LogP contribution in [0, 0.1) is 13.8 Å². The molecule has 1 aromatic carbocycles. The smallest absolute Gasteiger partial charge is 0.311 e. The number of rotatable bonds is 6. The first-order valence-electron chi connectivity index (χ1n) is 7.30. The van der Waals surface area contributed by atoms with Crippen molar-refractivity contribution in [2.75, 3.05) is 12.0 Å². The average molecular weight is 412 g/mol. The second-order valence-electron chi connectivity index (χ2n) is 5.06. The second kappa shape index (κ2) is 8.25. The number of halogens is 1. The van der Waals surface area contributed by atoms with Gasteiger partial charge in [-0.25, -0.2) is 4.98 Å². The molecule has 0 aliphatic heterocycles. The maximum absolute atomic E-state index is 11.4. The number of aromatic nitrogens is 1. The van der Waals surface area contributed by atoms with E-state index < -0.39 is 0 Å². The van der Waals surface area contributed by atoms with Crippen molar-refractivity contribution in [3.63, 3.8) is 0 Å². The van der Waals surface area contributed by atoms with Crippen LogP contribution in [0.25, 0.3) is 0 Å². The van der Waals surface area contributed by atoms with Gasteiger partial charge in [0.05, 0.1) is 24.9 Å². The molecule has 0 aliphatic carbocycles. The largest absolute Gasteiger partial charge is 0.507 e. The Morgan fingerprint density at radius 1 is 1.54 bits per heavy atom. The van der Waals surface area contributed by atoms with Crippen molar-refractivity contribution in [2.45, 2.75) is 27.2 Å². The summed E-state index contributed by atoms with van der Waals surface area (Å²) in [4.78, 5) is 15.7. The Bertz CT molecular complexity index is 748. The predicted octanol–water partition coefficient (Wildman–Crippen LogP) is 3.78. The zero-order valence-electron chi connectivity index (χ0n) is 13.6. The molecule has 128 valence electrons. The number of phenols is 1. The standard InChI is InChI=1S/C16H18BrN3O3S/c1-4-23-14(21)6-11-8-24-16(19-11)20-18-7-12-10(3)13(17)5-9(2)15(12)22/h5,7-8,22H,4,6H2,1-3H3,(H,19,20). The van der Waals surface area contributed by atoms with E-state index in [1.165, 1.54) is 11.3 Å². The zero-order chi connectivity index (χ0) is 17.7. The predicted molar refractivity (Wildman–Crippen MR) is 98.9 cm³/mol. The van der Waals surface area contributed by atoms with Crippen LogP contribution >= 0.6 is 27.3 Å². The molecule has 6 nitrogen and oxygen atoms in total. The number of anilines is 1. The van der Waals surface area contributed by atoms with Gasteiger partial charge in [-0.3, -0.25) is 10.2 Å². The lowest BCUT2D eigenvalue weighted by Crippen LogP contribution is -2.07. The Labute approximate surface area is 152 Å². The number of carbonyl (C=O) groups is 1. The summed E-state index contributed by atoms with van der Waals surface area (Å²) in [7, 11) is 0. The molecule has 2 rings (SSSR count). The van der Waals surface area contributed by atoms with Crippen molar-refractivity contribution in [1.82, 2.24) is 4.98 Å². The Morgan fingerprint density at radius 3 is 3.00 bits per heavy atom. The monoisotopic (exact) mass is 411 g/mol. The molecular weight excluding hydrogens is 394 g/mol. The Balaban J connectivity index is 2.05.